The summed E-state index contributed by atoms with van der Waals surface area (Å²) in [6.07, 6.45) is 2.96. The van der Waals surface area contributed by atoms with Crippen LogP contribution in [0, 0.1) is 16.2 Å². The third kappa shape index (κ3) is 7.69. The Morgan fingerprint density at radius 3 is 2.46 bits per heavy atom. The van der Waals surface area contributed by atoms with Crippen LogP contribution in [0.1, 0.15) is 57.6 Å². The van der Waals surface area contributed by atoms with E-state index in [9.17, 15) is 4.79 Å². The van der Waals surface area contributed by atoms with Gasteiger partial charge in [0.25, 0.3) is 5.91 Å². The number of nitrogens with one attached hydrogen (secondary N) is 3. The van der Waals surface area contributed by atoms with E-state index in [1.165, 1.54) is 12.3 Å². The quantitative estimate of drug-likeness (QED) is 0.441. The molecule has 1 amide bonds. The first-order valence-electron chi connectivity index (χ1n) is 8.99. The van der Waals surface area contributed by atoms with Crippen molar-refractivity contribution in [1.82, 2.24) is 10.3 Å². The van der Waals surface area contributed by atoms with Crippen LogP contribution in [-0.4, -0.2) is 34.5 Å². The van der Waals surface area contributed by atoms with Gasteiger partial charge in [0.05, 0.1) is 17.1 Å². The third-order valence-corrected chi connectivity index (χ3v) is 3.50. The number of hydrogen-bond acceptors (Lipinski definition) is 5. The number of aromatic nitrogens is 1. The van der Waals surface area contributed by atoms with Crippen LogP contribution in [0.2, 0.25) is 0 Å². The van der Waals surface area contributed by atoms with Gasteiger partial charge in [-0.05, 0) is 44.4 Å². The minimum absolute atomic E-state index is 0.0445. The van der Waals surface area contributed by atoms with E-state index in [2.05, 4.69) is 15.3 Å². The van der Waals surface area contributed by atoms with Gasteiger partial charge in [0.15, 0.2) is 0 Å². The number of hydrogen-bond donors (Lipinski definition) is 4. The molecule has 5 N–H and O–H groups in total. The molecular weight excluding hydrogens is 356 g/mol. The molecule has 152 valence electrons. The number of aliphatic imine (C=N–C) groups is 1. The molecule has 0 aliphatic carbocycles. The second kappa shape index (κ2) is 9.77. The Bertz CT molecular complexity index is 782. The molecule has 0 unspecified atom stereocenters. The molecule has 1 heterocycles. The lowest BCUT2D eigenvalue weighted by Crippen LogP contribution is -2.30. The molecule has 8 nitrogen and oxygen atoms in total. The van der Waals surface area contributed by atoms with Gasteiger partial charge in [0.1, 0.15) is 12.4 Å². The Labute approximate surface area is 166 Å². The number of nitrogens with zero attached hydrogens (tertiary/aromatic N) is 2. The molecule has 0 aliphatic heterocycles. The van der Waals surface area contributed by atoms with Crippen LogP contribution >= 0.6 is 0 Å². The summed E-state index contributed by atoms with van der Waals surface area (Å²) in [5.41, 5.74) is 6.66. The summed E-state index contributed by atoms with van der Waals surface area (Å²) in [4.78, 5) is 20.0. The highest BCUT2D eigenvalue weighted by atomic mass is 16.5. The number of amides is 1. The largest absolute Gasteiger partial charge is 0.471 e. The minimum Gasteiger partial charge on any atom is -0.471 e. The number of rotatable bonds is 6. The van der Waals surface area contributed by atoms with Gasteiger partial charge in [-0.25, -0.2) is 4.99 Å². The average molecular weight is 387 g/mol. The van der Waals surface area contributed by atoms with Crippen LogP contribution in [-0.2, 0) is 11.3 Å². The van der Waals surface area contributed by atoms with Crippen molar-refractivity contribution in [2.75, 3.05) is 0 Å². The van der Waals surface area contributed by atoms with Crippen LogP contribution in [0.5, 0.6) is 0 Å². The van der Waals surface area contributed by atoms with Crippen molar-refractivity contribution in [3.8, 4) is 0 Å². The summed E-state index contributed by atoms with van der Waals surface area (Å²) in [7, 11) is 0. The molecule has 1 aromatic rings. The lowest BCUT2D eigenvalue weighted by Gasteiger charge is -2.23. The zero-order valence-electron chi connectivity index (χ0n) is 17.4. The first-order chi connectivity index (χ1) is 12.9. The molecule has 0 radical (unpaired) electrons. The van der Waals surface area contributed by atoms with Crippen LogP contribution < -0.4 is 11.1 Å². The summed E-state index contributed by atoms with van der Waals surface area (Å²) in [6, 6.07) is 3.40. The van der Waals surface area contributed by atoms with Crippen molar-refractivity contribution < 1.29 is 9.53 Å². The molecule has 0 aliphatic rings. The van der Waals surface area contributed by atoms with Crippen molar-refractivity contribution in [2.24, 2.45) is 16.1 Å². The molecular formula is C20H30N6O2. The molecule has 0 fully saturated rings. The third-order valence-electron chi connectivity index (χ3n) is 3.50. The molecule has 0 atom stereocenters. The highest BCUT2D eigenvalue weighted by molar-refractivity contribution is 6.05. The summed E-state index contributed by atoms with van der Waals surface area (Å²) in [6.45, 7) is 11.2. The number of carbonyl (C=O) groups is 1. The lowest BCUT2D eigenvalue weighted by molar-refractivity contribution is 0.0942. The molecule has 1 aromatic heterocycles. The Kier molecular flexibility index (Phi) is 8.03. The molecule has 28 heavy (non-hydrogen) atoms. The van der Waals surface area contributed by atoms with Crippen molar-refractivity contribution in [2.45, 2.75) is 54.2 Å². The van der Waals surface area contributed by atoms with Gasteiger partial charge in [-0.3, -0.25) is 20.6 Å². The Morgan fingerprint density at radius 1 is 1.36 bits per heavy atom. The number of ether oxygens (including phenoxy) is 1. The molecule has 1 rings (SSSR count). The molecule has 0 aromatic carbocycles. The minimum atomic E-state index is -0.423. The molecule has 8 heteroatoms. The smallest absolute Gasteiger partial charge is 0.253 e. The van der Waals surface area contributed by atoms with Crippen molar-refractivity contribution in [1.29, 1.82) is 10.8 Å². The van der Waals surface area contributed by atoms with Crippen LogP contribution in [0.4, 0.5) is 0 Å². The van der Waals surface area contributed by atoms with E-state index in [0.29, 0.717) is 16.8 Å². The maximum atomic E-state index is 11.9. The zero-order valence-corrected chi connectivity index (χ0v) is 17.4. The number of nitrogens with two attached hydrogens (primary N) is 1. The van der Waals surface area contributed by atoms with E-state index in [-0.39, 0.29) is 36.1 Å². The Balaban J connectivity index is 2.85. The van der Waals surface area contributed by atoms with E-state index < -0.39 is 5.41 Å². The number of carbonyl (C=O) groups excluding carboxylic acids is 1. The average Bonchev–Trinajstić information content (AvgIpc) is 2.55. The highest BCUT2D eigenvalue weighted by Crippen LogP contribution is 2.27. The topological polar surface area (TPSA) is 137 Å². The SMILES string of the molecule is CC(N)=NC(=N)/C=C(\C(=N)OCc1ccc(C(=O)NC(C)C)cn1)C(C)(C)C. The second-order valence-corrected chi connectivity index (χ2v) is 7.73. The fourth-order valence-electron chi connectivity index (χ4n) is 2.20. The van der Waals surface area contributed by atoms with Crippen LogP contribution in [0.3, 0.4) is 0 Å². The predicted octanol–water partition coefficient (Wildman–Crippen LogP) is 3.04. The fraction of sp³-hybridized carbons (Fsp3) is 0.450. The predicted molar refractivity (Wildman–Crippen MR) is 112 cm³/mol. The molecule has 0 saturated heterocycles. The van der Waals surface area contributed by atoms with Crippen molar-refractivity contribution >= 4 is 23.5 Å². The van der Waals surface area contributed by atoms with Gasteiger partial charge in [-0.2, -0.15) is 0 Å². The van der Waals surface area contributed by atoms with E-state index in [0.717, 1.165) is 0 Å². The van der Waals surface area contributed by atoms with Gasteiger partial charge >= 0.3 is 0 Å². The second-order valence-electron chi connectivity index (χ2n) is 7.73. The zero-order chi connectivity index (χ0) is 21.5. The van der Waals surface area contributed by atoms with Gasteiger partial charge in [-0.1, -0.05) is 20.8 Å². The van der Waals surface area contributed by atoms with Gasteiger partial charge in [0.2, 0.25) is 5.90 Å². The van der Waals surface area contributed by atoms with E-state index in [4.69, 9.17) is 21.3 Å². The van der Waals surface area contributed by atoms with Gasteiger partial charge in [-0.15, -0.1) is 0 Å². The van der Waals surface area contributed by atoms with Crippen molar-refractivity contribution in [3.05, 3.63) is 41.2 Å². The number of pyridine rings is 1. The van der Waals surface area contributed by atoms with E-state index >= 15 is 0 Å². The number of amidine groups is 2. The molecule has 0 bridgehead atoms. The van der Waals surface area contributed by atoms with Crippen LogP contribution in [0.25, 0.3) is 0 Å². The molecule has 0 saturated carbocycles. The summed E-state index contributed by atoms with van der Waals surface area (Å²) < 4.78 is 5.56. The van der Waals surface area contributed by atoms with E-state index in [1.807, 2.05) is 34.6 Å². The summed E-state index contributed by atoms with van der Waals surface area (Å²) in [5, 5.41) is 18.9. The Hall–Kier alpha value is -3.03. The van der Waals surface area contributed by atoms with Crippen molar-refractivity contribution in [3.63, 3.8) is 0 Å². The standard InChI is InChI=1S/C20H30N6O2/c1-12(2)25-19(27)14-7-8-15(24-10-14)11-28-18(23)16(20(4,5)6)9-17(22)26-13(3)21/h7-10,12,23H,11H2,1-6H3,(H,25,27)(H3,21,22,26)/b16-9+,23-18?. The monoisotopic (exact) mass is 386 g/mol. The highest BCUT2D eigenvalue weighted by Gasteiger charge is 2.23. The first-order valence-corrected chi connectivity index (χ1v) is 8.99. The van der Waals surface area contributed by atoms with E-state index in [1.54, 1.807) is 19.1 Å². The van der Waals surface area contributed by atoms with Crippen LogP contribution in [0.15, 0.2) is 35.0 Å². The lowest BCUT2D eigenvalue weighted by atomic mass is 9.86. The fourth-order valence-corrected chi connectivity index (χ4v) is 2.20. The first kappa shape index (κ1) is 23.0. The maximum absolute atomic E-state index is 11.9. The summed E-state index contributed by atoms with van der Waals surface area (Å²) in [5.74, 6) is -0.0230. The van der Waals surface area contributed by atoms with Gasteiger partial charge < -0.3 is 15.8 Å². The Morgan fingerprint density at radius 2 is 2.00 bits per heavy atom. The van der Waals surface area contributed by atoms with Gasteiger partial charge in [0, 0.05) is 17.8 Å². The molecule has 0 spiro atoms. The maximum Gasteiger partial charge on any atom is 0.253 e. The normalized spacial score (nSPS) is 12.7. The summed E-state index contributed by atoms with van der Waals surface area (Å²) >= 11 is 0.